The second-order valence-corrected chi connectivity index (χ2v) is 9.11. The Morgan fingerprint density at radius 1 is 1.14 bits per heavy atom. The second kappa shape index (κ2) is 4.02. The van der Waals surface area contributed by atoms with E-state index >= 15 is 0 Å². The first kappa shape index (κ1) is 15.7. The van der Waals surface area contributed by atoms with Crippen LogP contribution in [0.15, 0.2) is 0 Å². The number of hydrogen-bond acceptors (Lipinski definition) is 4. The normalized spacial score (nSPS) is 52.0. The summed E-state index contributed by atoms with van der Waals surface area (Å²) in [5.74, 6) is -0.779. The fraction of sp³-hybridized carbons (Fsp3) is 1.00. The van der Waals surface area contributed by atoms with Crippen LogP contribution in [0.2, 0.25) is 0 Å². The van der Waals surface area contributed by atoms with Gasteiger partial charge in [0, 0.05) is 17.0 Å². The van der Waals surface area contributed by atoms with E-state index in [2.05, 4.69) is 20.8 Å². The molecule has 5 N–H and O–H groups in total. The van der Waals surface area contributed by atoms with Crippen LogP contribution in [0.5, 0.6) is 0 Å². The molecule has 3 fully saturated rings. The van der Waals surface area contributed by atoms with Crippen molar-refractivity contribution in [1.29, 1.82) is 0 Å². The van der Waals surface area contributed by atoms with E-state index in [1.54, 1.807) is 13.8 Å². The zero-order chi connectivity index (χ0) is 15.9. The highest BCUT2D eigenvalue weighted by Crippen LogP contribution is 2.72. The van der Waals surface area contributed by atoms with E-state index in [-0.39, 0.29) is 28.0 Å². The maximum atomic E-state index is 10.2. The van der Waals surface area contributed by atoms with Crippen LogP contribution < -0.4 is 11.5 Å². The number of rotatable bonds is 2. The standard InChI is InChI=1S/C17H32N2O2/c1-13(2)11-10-16(12(18)6-7-17(13,16)19)9-8-15(11,5)21-14(3,4)20/h11-12,20H,6-10,18-19H2,1-5H3/t11?,12-,15-,16-,17+/m0/s1. The Labute approximate surface area is 128 Å². The average Bonchev–Trinajstić information content (AvgIpc) is 2.64. The minimum Gasteiger partial charge on any atom is -0.366 e. The lowest BCUT2D eigenvalue weighted by Gasteiger charge is -2.49. The second-order valence-electron chi connectivity index (χ2n) is 9.11. The molecule has 0 heterocycles. The third kappa shape index (κ3) is 1.76. The first-order chi connectivity index (χ1) is 9.38. The summed E-state index contributed by atoms with van der Waals surface area (Å²) in [5.41, 5.74) is 13.0. The molecule has 0 aromatic rings. The number of nitrogens with two attached hydrogens (primary N) is 2. The van der Waals surface area contributed by atoms with Crippen LogP contribution in [0.4, 0.5) is 0 Å². The number of ether oxygens (including phenoxy) is 1. The molecule has 5 atom stereocenters. The molecule has 0 radical (unpaired) electrons. The maximum absolute atomic E-state index is 10.2. The third-order valence-corrected chi connectivity index (χ3v) is 7.32. The molecular formula is C17H32N2O2. The Morgan fingerprint density at radius 2 is 1.76 bits per heavy atom. The van der Waals surface area contributed by atoms with Gasteiger partial charge in [0.2, 0.25) is 0 Å². The Balaban J connectivity index is 2.03. The number of fused-ring (bicyclic) bond motifs is 1. The van der Waals surface area contributed by atoms with Crippen molar-refractivity contribution in [3.05, 3.63) is 0 Å². The Bertz CT molecular complexity index is 458. The van der Waals surface area contributed by atoms with Gasteiger partial charge in [-0.25, -0.2) is 0 Å². The molecule has 1 unspecified atom stereocenters. The predicted molar refractivity (Wildman–Crippen MR) is 83.5 cm³/mol. The molecule has 0 aromatic carbocycles. The average molecular weight is 296 g/mol. The number of aliphatic hydroxyl groups is 1. The van der Waals surface area contributed by atoms with Gasteiger partial charge in [0.15, 0.2) is 5.79 Å². The molecule has 122 valence electrons. The molecule has 21 heavy (non-hydrogen) atoms. The lowest BCUT2D eigenvalue weighted by Crippen LogP contribution is -2.59. The van der Waals surface area contributed by atoms with Crippen molar-refractivity contribution in [1.82, 2.24) is 0 Å². The zero-order valence-corrected chi connectivity index (χ0v) is 14.2. The van der Waals surface area contributed by atoms with Gasteiger partial charge in [0.05, 0.1) is 5.60 Å². The highest BCUT2D eigenvalue weighted by molar-refractivity contribution is 5.29. The van der Waals surface area contributed by atoms with Gasteiger partial charge in [-0.15, -0.1) is 0 Å². The molecule has 2 bridgehead atoms. The monoisotopic (exact) mass is 296 g/mol. The van der Waals surface area contributed by atoms with Crippen LogP contribution >= 0.6 is 0 Å². The van der Waals surface area contributed by atoms with Gasteiger partial charge in [-0.05, 0) is 64.2 Å². The number of hydrogen-bond donors (Lipinski definition) is 3. The molecule has 0 aromatic heterocycles. The zero-order valence-electron chi connectivity index (χ0n) is 14.2. The summed E-state index contributed by atoms with van der Waals surface area (Å²) < 4.78 is 6.13. The van der Waals surface area contributed by atoms with Gasteiger partial charge in [-0.1, -0.05) is 13.8 Å². The van der Waals surface area contributed by atoms with Crippen molar-refractivity contribution >= 4 is 0 Å². The molecule has 0 saturated heterocycles. The summed E-state index contributed by atoms with van der Waals surface area (Å²) in [6.45, 7) is 10.2. The molecule has 1 spiro atoms. The first-order valence-corrected chi connectivity index (χ1v) is 8.35. The van der Waals surface area contributed by atoms with Gasteiger partial charge in [0.1, 0.15) is 0 Å². The van der Waals surface area contributed by atoms with Crippen LogP contribution in [0.25, 0.3) is 0 Å². The summed E-state index contributed by atoms with van der Waals surface area (Å²) in [6, 6.07) is 0.207. The SMILES string of the molecule is CC(C)(O)O[C@@]1(C)CC[C@@]23CC1C(C)(C)[C@]2(N)CC[C@@H]3N. The summed E-state index contributed by atoms with van der Waals surface area (Å²) in [4.78, 5) is 0. The maximum Gasteiger partial charge on any atom is 0.160 e. The third-order valence-electron chi connectivity index (χ3n) is 7.32. The largest absolute Gasteiger partial charge is 0.366 e. The van der Waals surface area contributed by atoms with E-state index in [0.29, 0.717) is 5.92 Å². The van der Waals surface area contributed by atoms with Gasteiger partial charge in [-0.2, -0.15) is 0 Å². The lowest BCUT2D eigenvalue weighted by atomic mass is 9.64. The van der Waals surface area contributed by atoms with Crippen molar-refractivity contribution in [3.63, 3.8) is 0 Å². The molecule has 3 rings (SSSR count). The molecule has 0 amide bonds. The smallest absolute Gasteiger partial charge is 0.160 e. The Morgan fingerprint density at radius 3 is 2.33 bits per heavy atom. The van der Waals surface area contributed by atoms with E-state index in [9.17, 15) is 5.11 Å². The summed E-state index contributed by atoms with van der Waals surface area (Å²) in [6.07, 6.45) is 5.02. The molecule has 3 aliphatic rings. The highest BCUT2D eigenvalue weighted by atomic mass is 16.6. The molecular weight excluding hydrogens is 264 g/mol. The molecule has 4 nitrogen and oxygen atoms in total. The molecule has 4 heteroatoms. The highest BCUT2D eigenvalue weighted by Gasteiger charge is 2.75. The fourth-order valence-electron chi connectivity index (χ4n) is 6.29. The van der Waals surface area contributed by atoms with E-state index in [0.717, 1.165) is 32.1 Å². The first-order valence-electron chi connectivity index (χ1n) is 8.35. The van der Waals surface area contributed by atoms with Crippen LogP contribution in [0, 0.1) is 16.7 Å². The van der Waals surface area contributed by atoms with Crippen molar-refractivity contribution < 1.29 is 9.84 Å². The van der Waals surface area contributed by atoms with E-state index in [1.165, 1.54) is 0 Å². The topological polar surface area (TPSA) is 81.5 Å². The van der Waals surface area contributed by atoms with Gasteiger partial charge >= 0.3 is 0 Å². The quantitative estimate of drug-likeness (QED) is 0.682. The van der Waals surface area contributed by atoms with Crippen molar-refractivity contribution in [3.8, 4) is 0 Å². The van der Waals surface area contributed by atoms with E-state index in [1.807, 2.05) is 0 Å². The molecule has 3 aliphatic carbocycles. The fourth-order valence-corrected chi connectivity index (χ4v) is 6.29. The van der Waals surface area contributed by atoms with E-state index < -0.39 is 5.79 Å². The lowest BCUT2D eigenvalue weighted by molar-refractivity contribution is -0.270. The van der Waals surface area contributed by atoms with Crippen molar-refractivity contribution in [2.45, 2.75) is 89.7 Å². The van der Waals surface area contributed by atoms with Gasteiger partial charge in [-0.3, -0.25) is 0 Å². The van der Waals surface area contributed by atoms with Crippen LogP contribution in [-0.2, 0) is 4.74 Å². The van der Waals surface area contributed by atoms with Crippen molar-refractivity contribution in [2.75, 3.05) is 0 Å². The minimum atomic E-state index is -1.11. The van der Waals surface area contributed by atoms with Crippen LogP contribution in [0.1, 0.15) is 66.7 Å². The predicted octanol–water partition coefficient (Wildman–Crippen LogP) is 2.13. The molecule has 3 saturated carbocycles. The summed E-state index contributed by atoms with van der Waals surface area (Å²) in [5, 5.41) is 10.2. The van der Waals surface area contributed by atoms with Gasteiger partial charge in [0.25, 0.3) is 0 Å². The van der Waals surface area contributed by atoms with Crippen LogP contribution in [-0.4, -0.2) is 28.1 Å². The van der Waals surface area contributed by atoms with Crippen molar-refractivity contribution in [2.24, 2.45) is 28.2 Å². The van der Waals surface area contributed by atoms with E-state index in [4.69, 9.17) is 16.2 Å². The molecule has 0 aliphatic heterocycles. The Kier molecular flexibility index (Phi) is 3.01. The van der Waals surface area contributed by atoms with Gasteiger partial charge < -0.3 is 21.3 Å². The summed E-state index contributed by atoms with van der Waals surface area (Å²) >= 11 is 0. The van der Waals surface area contributed by atoms with Crippen LogP contribution in [0.3, 0.4) is 0 Å². The Hall–Kier alpha value is -0.160. The summed E-state index contributed by atoms with van der Waals surface area (Å²) in [7, 11) is 0. The minimum absolute atomic E-state index is 0.0301.